The fourth-order valence-corrected chi connectivity index (χ4v) is 4.71. The molecule has 32 heavy (non-hydrogen) atoms. The molecule has 5 nitrogen and oxygen atoms in total. The molecule has 4 rings (SSSR count). The summed E-state index contributed by atoms with van der Waals surface area (Å²) in [6.45, 7) is 9.62. The van der Waals surface area contributed by atoms with E-state index in [9.17, 15) is 4.79 Å². The fraction of sp³-hybridized carbons (Fsp3) is 0.444. The van der Waals surface area contributed by atoms with Crippen molar-refractivity contribution in [2.24, 2.45) is 5.41 Å². The number of rotatable bonds is 8. The number of nitrogens with zero attached hydrogens (tertiary/aromatic N) is 1. The van der Waals surface area contributed by atoms with E-state index in [1.807, 2.05) is 0 Å². The van der Waals surface area contributed by atoms with Gasteiger partial charge in [-0.1, -0.05) is 55.8 Å². The third kappa shape index (κ3) is 5.52. The van der Waals surface area contributed by atoms with Gasteiger partial charge in [0.2, 0.25) is 0 Å². The van der Waals surface area contributed by atoms with E-state index in [-0.39, 0.29) is 11.5 Å². The van der Waals surface area contributed by atoms with Crippen LogP contribution in [0.4, 0.5) is 4.79 Å². The molecular formula is C27H33NO4. The summed E-state index contributed by atoms with van der Waals surface area (Å²) in [5, 5.41) is 8.72. The van der Waals surface area contributed by atoms with Crippen LogP contribution in [0.15, 0.2) is 54.1 Å². The predicted octanol–water partition coefficient (Wildman–Crippen LogP) is 5.43. The van der Waals surface area contributed by atoms with Gasteiger partial charge in [0.05, 0.1) is 6.61 Å². The van der Waals surface area contributed by atoms with Crippen LogP contribution >= 0.6 is 0 Å². The lowest BCUT2D eigenvalue weighted by Gasteiger charge is -2.39. The maximum Gasteiger partial charge on any atom is 0.506 e. The van der Waals surface area contributed by atoms with Crippen LogP contribution in [-0.2, 0) is 17.6 Å². The fourth-order valence-electron chi connectivity index (χ4n) is 4.71. The number of benzene rings is 2. The van der Waals surface area contributed by atoms with Gasteiger partial charge in [0.25, 0.3) is 0 Å². The van der Waals surface area contributed by atoms with Crippen LogP contribution in [0.5, 0.6) is 5.75 Å². The summed E-state index contributed by atoms with van der Waals surface area (Å²) in [6.07, 6.45) is 1.66. The van der Waals surface area contributed by atoms with Gasteiger partial charge in [-0.05, 0) is 60.6 Å². The standard InChI is InChI=1S/C27H33NO4/c1-19-22(15-28-16-24(17-28)32-26(29)30)10-9-21-13-23(11-12-25(19)21)31-18-27(2,3)14-20-7-5-4-6-8-20/h4-8,11-13,24H,9-10,14-18H2,1-3H3,(H,29,30). The second-order valence-electron chi connectivity index (χ2n) is 9.86. The zero-order valence-corrected chi connectivity index (χ0v) is 19.3. The van der Waals surface area contributed by atoms with E-state index < -0.39 is 6.16 Å². The summed E-state index contributed by atoms with van der Waals surface area (Å²) in [7, 11) is 0. The van der Waals surface area contributed by atoms with Gasteiger partial charge < -0.3 is 14.6 Å². The van der Waals surface area contributed by atoms with Gasteiger partial charge in [-0.25, -0.2) is 4.79 Å². The minimum atomic E-state index is -1.18. The lowest BCUT2D eigenvalue weighted by Crippen LogP contribution is -2.53. The van der Waals surface area contributed by atoms with Crippen LogP contribution in [-0.4, -0.2) is 48.5 Å². The Balaban J connectivity index is 1.34. The highest BCUT2D eigenvalue weighted by Crippen LogP contribution is 2.35. The molecule has 1 aliphatic heterocycles. The Hall–Kier alpha value is -2.79. The van der Waals surface area contributed by atoms with Crippen molar-refractivity contribution in [3.8, 4) is 5.75 Å². The summed E-state index contributed by atoms with van der Waals surface area (Å²) in [5.74, 6) is 0.942. The number of likely N-dealkylation sites (tertiary alicyclic amines) is 1. The summed E-state index contributed by atoms with van der Waals surface area (Å²) < 4.78 is 11.0. The highest BCUT2D eigenvalue weighted by molar-refractivity contribution is 5.72. The number of carbonyl (C=O) groups is 1. The normalized spacial score (nSPS) is 17.0. The first-order valence-electron chi connectivity index (χ1n) is 11.4. The van der Waals surface area contributed by atoms with Crippen molar-refractivity contribution in [2.75, 3.05) is 26.2 Å². The number of fused-ring (bicyclic) bond motifs is 1. The zero-order chi connectivity index (χ0) is 22.7. The molecular weight excluding hydrogens is 402 g/mol. The Labute approximate surface area is 190 Å². The van der Waals surface area contributed by atoms with Gasteiger partial charge in [0.15, 0.2) is 0 Å². The van der Waals surface area contributed by atoms with E-state index in [4.69, 9.17) is 14.6 Å². The maximum absolute atomic E-state index is 10.6. The van der Waals surface area contributed by atoms with Crippen LogP contribution in [0.3, 0.4) is 0 Å². The minimum Gasteiger partial charge on any atom is -0.493 e. The molecule has 2 aliphatic rings. The van der Waals surface area contributed by atoms with Crippen LogP contribution in [0, 0.1) is 5.41 Å². The van der Waals surface area contributed by atoms with E-state index in [0.29, 0.717) is 19.7 Å². The van der Waals surface area contributed by atoms with E-state index in [2.05, 4.69) is 74.2 Å². The SMILES string of the molecule is CC1=C(CN2CC(OC(=O)O)C2)CCc2cc(OCC(C)(C)Cc3ccccc3)ccc21. The number of allylic oxidation sites excluding steroid dienone is 1. The second-order valence-corrected chi connectivity index (χ2v) is 9.86. The summed E-state index contributed by atoms with van der Waals surface area (Å²) in [4.78, 5) is 12.9. The molecule has 1 fully saturated rings. The topological polar surface area (TPSA) is 59.0 Å². The summed E-state index contributed by atoms with van der Waals surface area (Å²) >= 11 is 0. The highest BCUT2D eigenvalue weighted by Gasteiger charge is 2.31. The molecule has 1 N–H and O–H groups in total. The summed E-state index contributed by atoms with van der Waals surface area (Å²) in [5.41, 5.74) is 6.82. The first-order valence-corrected chi connectivity index (χ1v) is 11.4. The van der Waals surface area contributed by atoms with Crippen LogP contribution in [0.1, 0.15) is 43.9 Å². The number of aryl methyl sites for hydroxylation is 1. The number of hydrogen-bond acceptors (Lipinski definition) is 4. The molecule has 0 amide bonds. The Bertz CT molecular complexity index is 990. The molecule has 0 unspecified atom stereocenters. The third-order valence-corrected chi connectivity index (χ3v) is 6.47. The minimum absolute atomic E-state index is 0.0552. The van der Waals surface area contributed by atoms with Crippen molar-refractivity contribution in [1.82, 2.24) is 4.90 Å². The van der Waals surface area contributed by atoms with Crippen molar-refractivity contribution in [3.63, 3.8) is 0 Å². The van der Waals surface area contributed by atoms with E-state index in [1.54, 1.807) is 0 Å². The van der Waals surface area contributed by atoms with Gasteiger partial charge in [-0.15, -0.1) is 0 Å². The Kier molecular flexibility index (Phi) is 6.56. The molecule has 2 aromatic rings. The molecule has 0 bridgehead atoms. The first-order chi connectivity index (χ1) is 15.3. The smallest absolute Gasteiger partial charge is 0.493 e. The van der Waals surface area contributed by atoms with Crippen molar-refractivity contribution in [3.05, 3.63) is 70.8 Å². The van der Waals surface area contributed by atoms with Crippen molar-refractivity contribution in [1.29, 1.82) is 0 Å². The second kappa shape index (κ2) is 9.37. The molecule has 0 radical (unpaired) electrons. The number of ether oxygens (including phenoxy) is 2. The van der Waals surface area contributed by atoms with Gasteiger partial charge in [0.1, 0.15) is 11.9 Å². The molecule has 1 saturated heterocycles. The molecule has 2 aromatic carbocycles. The lowest BCUT2D eigenvalue weighted by molar-refractivity contribution is -0.0292. The van der Waals surface area contributed by atoms with Crippen LogP contribution < -0.4 is 4.74 Å². The third-order valence-electron chi connectivity index (χ3n) is 6.47. The summed E-state index contributed by atoms with van der Waals surface area (Å²) in [6, 6.07) is 17.1. The molecule has 5 heteroatoms. The van der Waals surface area contributed by atoms with Gasteiger partial charge >= 0.3 is 6.16 Å². The first kappa shape index (κ1) is 22.4. The molecule has 0 spiro atoms. The van der Waals surface area contributed by atoms with Gasteiger partial charge in [0, 0.05) is 25.0 Å². The van der Waals surface area contributed by atoms with Gasteiger partial charge in [-0.3, -0.25) is 4.90 Å². The number of carboxylic acid groups (broad SMARTS) is 1. The van der Waals surface area contributed by atoms with Gasteiger partial charge in [-0.2, -0.15) is 0 Å². The lowest BCUT2D eigenvalue weighted by atomic mass is 9.85. The number of hydrogen-bond donors (Lipinski definition) is 1. The van der Waals surface area contributed by atoms with E-state index >= 15 is 0 Å². The van der Waals surface area contributed by atoms with E-state index in [1.165, 1.54) is 27.8 Å². The highest BCUT2D eigenvalue weighted by atomic mass is 16.7. The molecule has 0 aromatic heterocycles. The Morgan fingerprint density at radius 1 is 1.12 bits per heavy atom. The quantitative estimate of drug-likeness (QED) is 0.560. The zero-order valence-electron chi connectivity index (χ0n) is 19.3. The Morgan fingerprint density at radius 2 is 1.88 bits per heavy atom. The molecule has 170 valence electrons. The van der Waals surface area contributed by atoms with Crippen LogP contribution in [0.25, 0.3) is 5.57 Å². The van der Waals surface area contributed by atoms with Crippen molar-refractivity contribution < 1.29 is 19.4 Å². The largest absolute Gasteiger partial charge is 0.506 e. The maximum atomic E-state index is 10.6. The monoisotopic (exact) mass is 435 g/mol. The molecule has 0 saturated carbocycles. The van der Waals surface area contributed by atoms with Crippen molar-refractivity contribution in [2.45, 2.75) is 46.1 Å². The Morgan fingerprint density at radius 3 is 2.59 bits per heavy atom. The van der Waals surface area contributed by atoms with E-state index in [0.717, 1.165) is 31.6 Å². The molecule has 0 atom stereocenters. The van der Waals surface area contributed by atoms with Crippen LogP contribution in [0.2, 0.25) is 0 Å². The molecule has 1 heterocycles. The van der Waals surface area contributed by atoms with Crippen molar-refractivity contribution >= 4 is 11.7 Å². The average molecular weight is 436 g/mol. The predicted molar refractivity (Wildman–Crippen MR) is 126 cm³/mol. The molecule has 1 aliphatic carbocycles. The average Bonchev–Trinajstić information content (AvgIpc) is 2.72.